The Morgan fingerprint density at radius 3 is 2.44 bits per heavy atom. The van der Waals surface area contributed by atoms with E-state index in [1.165, 1.54) is 0 Å². The molecule has 0 saturated carbocycles. The number of hydrogen-bond acceptors (Lipinski definition) is 3. The van der Waals surface area contributed by atoms with Crippen molar-refractivity contribution in [1.82, 2.24) is 10.3 Å². The molecule has 1 heterocycles. The Kier molecular flexibility index (Phi) is 4.05. The maximum atomic E-state index is 5.70. The minimum Gasteiger partial charge on any atom is -0.329 e. The van der Waals surface area contributed by atoms with Gasteiger partial charge in [-0.15, -0.1) is 0 Å². The van der Waals surface area contributed by atoms with Crippen LogP contribution in [0.5, 0.6) is 0 Å². The fourth-order valence-corrected chi connectivity index (χ4v) is 1.39. The molecule has 0 spiro atoms. The molecule has 0 aromatic carbocycles. The van der Waals surface area contributed by atoms with Crippen LogP contribution in [-0.2, 0) is 5.41 Å². The minimum absolute atomic E-state index is 0.0215. The maximum absolute atomic E-state index is 5.70. The van der Waals surface area contributed by atoms with Crippen LogP contribution in [0.4, 0.5) is 0 Å². The number of rotatable bonds is 5. The van der Waals surface area contributed by atoms with Gasteiger partial charge in [-0.25, -0.2) is 0 Å². The molecule has 0 unspecified atom stereocenters. The minimum atomic E-state index is -0.0218. The summed E-state index contributed by atoms with van der Waals surface area (Å²) in [5, 5.41) is 3.48. The predicted molar refractivity (Wildman–Crippen MR) is 68.4 cm³/mol. The second-order valence-electron chi connectivity index (χ2n) is 5.54. The zero-order chi connectivity index (χ0) is 12.2. The van der Waals surface area contributed by atoms with Crippen molar-refractivity contribution in [2.75, 3.05) is 13.1 Å². The maximum Gasteiger partial charge on any atom is 0.0472 e. The molecular formula is C13H23N3. The molecule has 3 nitrogen and oxygen atoms in total. The lowest BCUT2D eigenvalue weighted by molar-refractivity contribution is 0.343. The third-order valence-corrected chi connectivity index (χ3v) is 2.88. The lowest BCUT2D eigenvalue weighted by Gasteiger charge is -2.31. The molecule has 0 bridgehead atoms. The highest BCUT2D eigenvalue weighted by Gasteiger charge is 2.25. The van der Waals surface area contributed by atoms with Gasteiger partial charge in [-0.3, -0.25) is 4.98 Å². The lowest BCUT2D eigenvalue weighted by Crippen LogP contribution is -2.50. The average Bonchev–Trinajstić information content (AvgIpc) is 2.28. The number of pyridine rings is 1. The normalized spacial score (nSPS) is 12.8. The standard InChI is InChI=1S/C13H23N3/c1-12(2,10-16-13(3,4)9-14)11-7-5-6-8-15-11/h5-8,16H,9-10,14H2,1-4H3. The quantitative estimate of drug-likeness (QED) is 0.795. The number of hydrogen-bond donors (Lipinski definition) is 2. The monoisotopic (exact) mass is 221 g/mol. The van der Waals surface area contributed by atoms with Crippen LogP contribution < -0.4 is 11.1 Å². The summed E-state index contributed by atoms with van der Waals surface area (Å²) in [6, 6.07) is 6.03. The Hall–Kier alpha value is -0.930. The summed E-state index contributed by atoms with van der Waals surface area (Å²) in [5.74, 6) is 0. The fourth-order valence-electron chi connectivity index (χ4n) is 1.39. The second-order valence-corrected chi connectivity index (χ2v) is 5.54. The number of nitrogens with two attached hydrogens (primary N) is 1. The first-order chi connectivity index (χ1) is 7.37. The van der Waals surface area contributed by atoms with Crippen LogP contribution in [0.15, 0.2) is 24.4 Å². The van der Waals surface area contributed by atoms with Crippen LogP contribution in [-0.4, -0.2) is 23.6 Å². The third-order valence-electron chi connectivity index (χ3n) is 2.88. The van der Waals surface area contributed by atoms with Crippen molar-refractivity contribution in [2.45, 2.75) is 38.6 Å². The summed E-state index contributed by atoms with van der Waals surface area (Å²) in [5.41, 5.74) is 6.80. The molecule has 3 N–H and O–H groups in total. The molecule has 0 atom stereocenters. The fraction of sp³-hybridized carbons (Fsp3) is 0.615. The highest BCUT2D eigenvalue weighted by atomic mass is 15.0. The summed E-state index contributed by atoms with van der Waals surface area (Å²) in [4.78, 5) is 4.41. The van der Waals surface area contributed by atoms with Gasteiger partial charge in [-0.05, 0) is 26.0 Å². The van der Waals surface area contributed by atoms with Gasteiger partial charge in [0.25, 0.3) is 0 Å². The molecule has 0 radical (unpaired) electrons. The van der Waals surface area contributed by atoms with Crippen molar-refractivity contribution in [3.05, 3.63) is 30.1 Å². The van der Waals surface area contributed by atoms with Crippen LogP contribution in [0, 0.1) is 0 Å². The molecule has 3 heteroatoms. The smallest absolute Gasteiger partial charge is 0.0472 e. The van der Waals surface area contributed by atoms with E-state index in [0.717, 1.165) is 12.2 Å². The average molecular weight is 221 g/mol. The van der Waals surface area contributed by atoms with E-state index in [-0.39, 0.29) is 11.0 Å². The van der Waals surface area contributed by atoms with Gasteiger partial charge < -0.3 is 11.1 Å². The first kappa shape index (κ1) is 13.1. The molecule has 0 aliphatic rings. The van der Waals surface area contributed by atoms with Gasteiger partial charge in [0.2, 0.25) is 0 Å². The molecule has 0 aliphatic heterocycles. The molecule has 1 aromatic rings. The SMILES string of the molecule is CC(C)(CN)NCC(C)(C)c1ccccn1. The molecule has 0 amide bonds. The third kappa shape index (κ3) is 3.58. The van der Waals surface area contributed by atoms with Crippen molar-refractivity contribution in [3.63, 3.8) is 0 Å². The molecule has 0 aliphatic carbocycles. The zero-order valence-electron chi connectivity index (χ0n) is 10.7. The topological polar surface area (TPSA) is 50.9 Å². The van der Waals surface area contributed by atoms with E-state index in [0.29, 0.717) is 6.54 Å². The van der Waals surface area contributed by atoms with Crippen molar-refractivity contribution >= 4 is 0 Å². The van der Waals surface area contributed by atoms with Gasteiger partial charge in [-0.1, -0.05) is 19.9 Å². The van der Waals surface area contributed by atoms with Gasteiger partial charge >= 0.3 is 0 Å². The summed E-state index contributed by atoms with van der Waals surface area (Å²) in [6.07, 6.45) is 1.84. The van der Waals surface area contributed by atoms with Crippen LogP contribution in [0.1, 0.15) is 33.4 Å². The van der Waals surface area contributed by atoms with E-state index < -0.39 is 0 Å². The second kappa shape index (κ2) is 4.93. The Labute approximate surface area is 98.5 Å². The van der Waals surface area contributed by atoms with Crippen molar-refractivity contribution in [3.8, 4) is 0 Å². The largest absolute Gasteiger partial charge is 0.329 e. The van der Waals surface area contributed by atoms with E-state index in [1.807, 2.05) is 18.3 Å². The summed E-state index contributed by atoms with van der Waals surface area (Å²) < 4.78 is 0. The van der Waals surface area contributed by atoms with Crippen molar-refractivity contribution in [2.24, 2.45) is 5.73 Å². The van der Waals surface area contributed by atoms with Gasteiger partial charge in [0.1, 0.15) is 0 Å². The van der Waals surface area contributed by atoms with E-state index in [1.54, 1.807) is 0 Å². The van der Waals surface area contributed by atoms with E-state index in [2.05, 4.69) is 44.1 Å². The first-order valence-electron chi connectivity index (χ1n) is 5.74. The lowest BCUT2D eigenvalue weighted by atomic mass is 9.87. The van der Waals surface area contributed by atoms with Gasteiger partial charge in [0, 0.05) is 35.9 Å². The number of aromatic nitrogens is 1. The van der Waals surface area contributed by atoms with Gasteiger partial charge in [-0.2, -0.15) is 0 Å². The van der Waals surface area contributed by atoms with E-state index in [4.69, 9.17) is 5.73 Å². The highest BCUT2D eigenvalue weighted by Crippen LogP contribution is 2.20. The van der Waals surface area contributed by atoms with E-state index in [9.17, 15) is 0 Å². The van der Waals surface area contributed by atoms with Gasteiger partial charge in [0.05, 0.1) is 0 Å². The molecule has 0 saturated heterocycles. The first-order valence-corrected chi connectivity index (χ1v) is 5.74. The number of nitrogens with one attached hydrogen (secondary N) is 1. The van der Waals surface area contributed by atoms with E-state index >= 15 is 0 Å². The Bertz CT molecular complexity index is 317. The summed E-state index contributed by atoms with van der Waals surface area (Å²) in [6.45, 7) is 10.1. The highest BCUT2D eigenvalue weighted by molar-refractivity contribution is 5.15. The Balaban J connectivity index is 2.66. The predicted octanol–water partition coefficient (Wildman–Crippen LogP) is 1.69. The molecule has 1 aromatic heterocycles. The molecular weight excluding hydrogens is 198 g/mol. The Morgan fingerprint density at radius 1 is 1.25 bits per heavy atom. The van der Waals surface area contributed by atoms with Crippen LogP contribution in [0.3, 0.4) is 0 Å². The van der Waals surface area contributed by atoms with Crippen molar-refractivity contribution in [1.29, 1.82) is 0 Å². The number of nitrogens with zero attached hydrogens (tertiary/aromatic N) is 1. The van der Waals surface area contributed by atoms with Crippen LogP contribution >= 0.6 is 0 Å². The van der Waals surface area contributed by atoms with Crippen molar-refractivity contribution < 1.29 is 0 Å². The summed E-state index contributed by atoms with van der Waals surface area (Å²) >= 11 is 0. The molecule has 1 rings (SSSR count). The summed E-state index contributed by atoms with van der Waals surface area (Å²) in [7, 11) is 0. The molecule has 16 heavy (non-hydrogen) atoms. The molecule has 0 fully saturated rings. The van der Waals surface area contributed by atoms with Gasteiger partial charge in [0.15, 0.2) is 0 Å². The van der Waals surface area contributed by atoms with Crippen LogP contribution in [0.25, 0.3) is 0 Å². The Morgan fingerprint density at radius 2 is 1.94 bits per heavy atom. The zero-order valence-corrected chi connectivity index (χ0v) is 10.7. The van der Waals surface area contributed by atoms with Crippen LogP contribution in [0.2, 0.25) is 0 Å². The molecule has 90 valence electrons.